The van der Waals surface area contributed by atoms with Crippen LogP contribution in [0, 0.1) is 0 Å². The van der Waals surface area contributed by atoms with Gasteiger partial charge in [0, 0.05) is 19.8 Å². The van der Waals surface area contributed by atoms with Gasteiger partial charge in [0.15, 0.2) is 0 Å². The van der Waals surface area contributed by atoms with E-state index in [1.165, 1.54) is 25.4 Å². The van der Waals surface area contributed by atoms with Crippen molar-refractivity contribution >= 4 is 21.7 Å². The van der Waals surface area contributed by atoms with Crippen molar-refractivity contribution in [3.63, 3.8) is 0 Å². The first-order valence-corrected chi connectivity index (χ1v) is 6.77. The Morgan fingerprint density at radius 3 is 2.78 bits per heavy atom. The summed E-state index contributed by atoms with van der Waals surface area (Å²) in [6.07, 6.45) is 1.40. The molecular weight excluding hydrogens is 256 g/mol. The molecule has 1 rings (SSSR count). The lowest BCUT2D eigenvalue weighted by atomic mass is 10.5. The van der Waals surface area contributed by atoms with E-state index in [0.29, 0.717) is 6.54 Å². The standard InChI is InChI=1S/C10H16N4O3S/c1-3-12-9(15)7-14(2)18(16,17)8-5-4-6-13-10(8)11/h4-6H,3,7H2,1-2H3,(H2,11,13)(H,12,15). The molecule has 7 nitrogen and oxygen atoms in total. The predicted octanol–water partition coefficient (Wildman–Crippen LogP) is -0.580. The number of aromatic nitrogens is 1. The van der Waals surface area contributed by atoms with Gasteiger partial charge in [-0.2, -0.15) is 4.31 Å². The first kappa shape index (κ1) is 14.4. The Hall–Kier alpha value is -1.67. The number of carbonyl (C=O) groups excluding carboxylic acids is 1. The van der Waals surface area contributed by atoms with Crippen molar-refractivity contribution in [3.05, 3.63) is 18.3 Å². The molecule has 3 N–H and O–H groups in total. The number of likely N-dealkylation sites (N-methyl/N-ethyl adjacent to an activating group) is 2. The number of nitrogens with zero attached hydrogens (tertiary/aromatic N) is 2. The highest BCUT2D eigenvalue weighted by Gasteiger charge is 2.25. The summed E-state index contributed by atoms with van der Waals surface area (Å²) in [5, 5.41) is 2.52. The van der Waals surface area contributed by atoms with Crippen molar-refractivity contribution in [3.8, 4) is 0 Å². The first-order chi connectivity index (χ1) is 8.39. The van der Waals surface area contributed by atoms with Gasteiger partial charge in [0.25, 0.3) is 0 Å². The number of pyridine rings is 1. The Kier molecular flexibility index (Phi) is 4.62. The van der Waals surface area contributed by atoms with Crippen LogP contribution in [-0.4, -0.2) is 43.8 Å². The van der Waals surface area contributed by atoms with Crippen molar-refractivity contribution < 1.29 is 13.2 Å². The van der Waals surface area contributed by atoms with Crippen LogP contribution in [0.25, 0.3) is 0 Å². The fourth-order valence-corrected chi connectivity index (χ4v) is 2.52. The maximum Gasteiger partial charge on any atom is 0.246 e. The Labute approximate surface area is 106 Å². The fourth-order valence-electron chi connectivity index (χ4n) is 1.33. The van der Waals surface area contributed by atoms with Crippen LogP contribution in [0.5, 0.6) is 0 Å². The van der Waals surface area contributed by atoms with E-state index in [9.17, 15) is 13.2 Å². The zero-order chi connectivity index (χ0) is 13.8. The molecule has 0 atom stereocenters. The molecule has 1 heterocycles. The molecule has 0 spiro atoms. The third-order valence-corrected chi connectivity index (χ3v) is 4.08. The quantitative estimate of drug-likeness (QED) is 0.746. The van der Waals surface area contributed by atoms with Gasteiger partial charge in [-0.3, -0.25) is 4.79 Å². The maximum atomic E-state index is 12.1. The van der Waals surface area contributed by atoms with Gasteiger partial charge in [-0.1, -0.05) is 0 Å². The van der Waals surface area contributed by atoms with Crippen LogP contribution in [-0.2, 0) is 14.8 Å². The lowest BCUT2D eigenvalue weighted by molar-refractivity contribution is -0.121. The van der Waals surface area contributed by atoms with Crippen LogP contribution in [0.1, 0.15) is 6.92 Å². The van der Waals surface area contributed by atoms with E-state index in [2.05, 4.69) is 10.3 Å². The lowest BCUT2D eigenvalue weighted by Gasteiger charge is -2.17. The van der Waals surface area contributed by atoms with Gasteiger partial charge < -0.3 is 11.1 Å². The van der Waals surface area contributed by atoms with Crippen molar-refractivity contribution in [2.45, 2.75) is 11.8 Å². The Morgan fingerprint density at radius 1 is 1.56 bits per heavy atom. The van der Waals surface area contributed by atoms with E-state index in [4.69, 9.17) is 5.73 Å². The van der Waals surface area contributed by atoms with E-state index >= 15 is 0 Å². The molecule has 0 unspecified atom stereocenters. The number of nitrogens with two attached hydrogens (primary N) is 1. The van der Waals surface area contributed by atoms with Gasteiger partial charge in [0.05, 0.1) is 6.54 Å². The number of rotatable bonds is 5. The van der Waals surface area contributed by atoms with Crippen LogP contribution in [0.4, 0.5) is 5.82 Å². The van der Waals surface area contributed by atoms with Crippen LogP contribution >= 0.6 is 0 Å². The molecular formula is C10H16N4O3S. The largest absolute Gasteiger partial charge is 0.383 e. The molecule has 0 radical (unpaired) electrons. The molecule has 1 aromatic heterocycles. The number of carbonyl (C=O) groups is 1. The highest BCUT2D eigenvalue weighted by molar-refractivity contribution is 7.89. The minimum atomic E-state index is -3.80. The number of hydrogen-bond donors (Lipinski definition) is 2. The van der Waals surface area contributed by atoms with Crippen LogP contribution in [0.15, 0.2) is 23.2 Å². The van der Waals surface area contributed by atoms with Gasteiger partial charge in [-0.25, -0.2) is 13.4 Å². The number of hydrogen-bond acceptors (Lipinski definition) is 5. The minimum Gasteiger partial charge on any atom is -0.383 e. The number of anilines is 1. The first-order valence-electron chi connectivity index (χ1n) is 5.33. The lowest BCUT2D eigenvalue weighted by Crippen LogP contribution is -2.38. The van der Waals surface area contributed by atoms with Crippen molar-refractivity contribution in [2.24, 2.45) is 0 Å². The second-order valence-corrected chi connectivity index (χ2v) is 5.61. The minimum absolute atomic E-state index is 0.0831. The maximum absolute atomic E-state index is 12.1. The molecule has 0 aliphatic carbocycles. The highest BCUT2D eigenvalue weighted by Crippen LogP contribution is 2.18. The summed E-state index contributed by atoms with van der Waals surface area (Å²) in [6, 6.07) is 2.83. The van der Waals surface area contributed by atoms with E-state index in [-0.39, 0.29) is 23.2 Å². The summed E-state index contributed by atoms with van der Waals surface area (Å²) in [5.41, 5.74) is 5.52. The molecule has 18 heavy (non-hydrogen) atoms. The molecule has 0 saturated carbocycles. The monoisotopic (exact) mass is 272 g/mol. The molecule has 8 heteroatoms. The Balaban J connectivity index is 2.94. The molecule has 1 amide bonds. The molecule has 0 fully saturated rings. The van der Waals surface area contributed by atoms with Crippen LogP contribution < -0.4 is 11.1 Å². The van der Waals surface area contributed by atoms with E-state index in [0.717, 1.165) is 4.31 Å². The average molecular weight is 272 g/mol. The second kappa shape index (κ2) is 5.78. The van der Waals surface area contributed by atoms with Crippen molar-refractivity contribution in [2.75, 3.05) is 25.9 Å². The summed E-state index contributed by atoms with van der Waals surface area (Å²) in [5.74, 6) is -0.453. The SMILES string of the molecule is CCNC(=O)CN(C)S(=O)(=O)c1cccnc1N. The van der Waals surface area contributed by atoms with Gasteiger partial charge in [-0.05, 0) is 19.1 Å². The molecule has 0 saturated heterocycles. The number of sulfonamides is 1. The van der Waals surface area contributed by atoms with Gasteiger partial charge >= 0.3 is 0 Å². The summed E-state index contributed by atoms with van der Waals surface area (Å²) in [6.45, 7) is 1.94. The Bertz CT molecular complexity index is 530. The number of amides is 1. The molecule has 0 bridgehead atoms. The van der Waals surface area contributed by atoms with Crippen molar-refractivity contribution in [1.82, 2.24) is 14.6 Å². The molecule has 0 aliphatic heterocycles. The summed E-state index contributed by atoms with van der Waals surface area (Å²) < 4.78 is 25.2. The predicted molar refractivity (Wildman–Crippen MR) is 67.1 cm³/mol. The normalized spacial score (nSPS) is 11.5. The second-order valence-electron chi connectivity index (χ2n) is 3.60. The Morgan fingerprint density at radius 2 is 2.22 bits per heavy atom. The smallest absolute Gasteiger partial charge is 0.246 e. The van der Waals surface area contributed by atoms with E-state index in [1.54, 1.807) is 6.92 Å². The van der Waals surface area contributed by atoms with Crippen molar-refractivity contribution in [1.29, 1.82) is 0 Å². The fraction of sp³-hybridized carbons (Fsp3) is 0.400. The van der Waals surface area contributed by atoms with Crippen LogP contribution in [0.3, 0.4) is 0 Å². The molecule has 0 aliphatic rings. The van der Waals surface area contributed by atoms with Crippen LogP contribution in [0.2, 0.25) is 0 Å². The highest BCUT2D eigenvalue weighted by atomic mass is 32.2. The molecule has 0 aromatic carbocycles. The number of nitrogen functional groups attached to an aromatic ring is 1. The zero-order valence-electron chi connectivity index (χ0n) is 10.3. The number of nitrogens with one attached hydrogen (secondary N) is 1. The topological polar surface area (TPSA) is 105 Å². The molecule has 100 valence electrons. The van der Waals surface area contributed by atoms with Gasteiger partial charge in [0.1, 0.15) is 10.7 Å². The van der Waals surface area contributed by atoms with E-state index < -0.39 is 10.0 Å². The summed E-state index contributed by atoms with van der Waals surface area (Å²) in [7, 11) is -2.48. The van der Waals surface area contributed by atoms with Gasteiger partial charge in [0.2, 0.25) is 15.9 Å². The summed E-state index contributed by atoms with van der Waals surface area (Å²) in [4.78, 5) is 15.0. The molecule has 1 aromatic rings. The third-order valence-electron chi connectivity index (χ3n) is 2.23. The van der Waals surface area contributed by atoms with E-state index in [1.807, 2.05) is 0 Å². The average Bonchev–Trinajstić information content (AvgIpc) is 2.29. The van der Waals surface area contributed by atoms with Gasteiger partial charge in [-0.15, -0.1) is 0 Å². The summed E-state index contributed by atoms with van der Waals surface area (Å²) >= 11 is 0. The third kappa shape index (κ3) is 3.17. The zero-order valence-corrected chi connectivity index (χ0v) is 11.1.